The third-order valence-corrected chi connectivity index (χ3v) is 4.29. The maximum absolute atomic E-state index is 12.9. The van der Waals surface area contributed by atoms with Gasteiger partial charge < -0.3 is 4.74 Å². The number of benzene rings is 1. The minimum absolute atomic E-state index is 0.117. The summed E-state index contributed by atoms with van der Waals surface area (Å²) in [4.78, 5) is 25.1. The van der Waals surface area contributed by atoms with Gasteiger partial charge in [-0.05, 0) is 50.0 Å². The van der Waals surface area contributed by atoms with Crippen LogP contribution in [0.1, 0.15) is 34.3 Å². The van der Waals surface area contributed by atoms with E-state index >= 15 is 0 Å². The van der Waals surface area contributed by atoms with Gasteiger partial charge in [0.2, 0.25) is 0 Å². The van der Waals surface area contributed by atoms with E-state index in [1.807, 2.05) is 44.2 Å². The summed E-state index contributed by atoms with van der Waals surface area (Å²) < 4.78 is 6.45. The Morgan fingerprint density at radius 3 is 2.43 bits per heavy atom. The molecular weight excluding hydrogens is 290 g/mol. The molecule has 2 aromatic rings. The van der Waals surface area contributed by atoms with E-state index in [1.54, 1.807) is 10.8 Å². The molecule has 0 radical (unpaired) electrons. The molecule has 4 heteroatoms. The average Bonchev–Trinajstić information content (AvgIpc) is 2.57. The Kier molecular flexibility index (Phi) is 3.90. The molecule has 0 bridgehead atoms. The first-order valence-corrected chi connectivity index (χ1v) is 7.65. The molecule has 1 aromatic heterocycles. The minimum atomic E-state index is -0.438. The van der Waals surface area contributed by atoms with Crippen molar-refractivity contribution in [2.24, 2.45) is 0 Å². The third kappa shape index (κ3) is 2.61. The van der Waals surface area contributed by atoms with Gasteiger partial charge in [0.05, 0.1) is 12.7 Å². The van der Waals surface area contributed by atoms with Crippen molar-refractivity contribution in [3.63, 3.8) is 0 Å². The number of carbonyl (C=O) groups is 1. The molecule has 0 atom stereocenters. The maximum atomic E-state index is 12.9. The van der Waals surface area contributed by atoms with Gasteiger partial charge in [-0.25, -0.2) is 4.79 Å². The first-order valence-electron chi connectivity index (χ1n) is 7.65. The molecule has 0 N–H and O–H groups in total. The Morgan fingerprint density at radius 1 is 1.13 bits per heavy atom. The monoisotopic (exact) mass is 309 g/mol. The number of hydrogen-bond acceptors (Lipinski definition) is 3. The van der Waals surface area contributed by atoms with Gasteiger partial charge in [0.25, 0.3) is 5.56 Å². The lowest BCUT2D eigenvalue weighted by Gasteiger charge is -2.15. The van der Waals surface area contributed by atoms with Crippen LogP contribution in [0.3, 0.4) is 0 Å². The highest BCUT2D eigenvalue weighted by atomic mass is 16.5. The SMILES string of the molecule is COC(=O)c1cn(C2=CCCC=C2)c(=O)c2cc(C)c(C)cc12. The molecule has 118 valence electrons. The zero-order valence-electron chi connectivity index (χ0n) is 13.6. The van der Waals surface area contributed by atoms with Crippen molar-refractivity contribution in [3.8, 4) is 0 Å². The standard InChI is InChI=1S/C19H19NO3/c1-12-9-15-16(10-13(12)2)18(21)20(11-17(15)19(22)23-3)14-7-5-4-6-8-14/h5,7-11H,4,6H2,1-3H3. The van der Waals surface area contributed by atoms with Gasteiger partial charge in [-0.3, -0.25) is 9.36 Å². The largest absolute Gasteiger partial charge is 0.465 e. The molecule has 0 saturated heterocycles. The molecule has 1 aliphatic rings. The molecule has 3 rings (SSSR count). The van der Waals surface area contributed by atoms with E-state index < -0.39 is 5.97 Å². The van der Waals surface area contributed by atoms with Crippen molar-refractivity contribution in [2.75, 3.05) is 7.11 Å². The van der Waals surface area contributed by atoms with Crippen molar-refractivity contribution in [2.45, 2.75) is 26.7 Å². The number of methoxy groups -OCH3 is 1. The summed E-state index contributed by atoms with van der Waals surface area (Å²) in [6.07, 6.45) is 9.40. The van der Waals surface area contributed by atoms with Gasteiger partial charge >= 0.3 is 5.97 Å². The normalized spacial score (nSPS) is 14.0. The number of nitrogens with zero attached hydrogens (tertiary/aromatic N) is 1. The predicted octanol–water partition coefficient (Wildman–Crippen LogP) is 3.60. The summed E-state index contributed by atoms with van der Waals surface area (Å²) in [5.74, 6) is -0.438. The number of allylic oxidation sites excluding steroid dienone is 4. The number of pyridine rings is 1. The second kappa shape index (κ2) is 5.88. The van der Waals surface area contributed by atoms with Crippen LogP contribution < -0.4 is 5.56 Å². The van der Waals surface area contributed by atoms with Crippen LogP contribution in [-0.2, 0) is 4.74 Å². The van der Waals surface area contributed by atoms with E-state index in [4.69, 9.17) is 4.74 Å². The molecule has 4 nitrogen and oxygen atoms in total. The maximum Gasteiger partial charge on any atom is 0.340 e. The molecular formula is C19H19NO3. The number of esters is 1. The highest BCUT2D eigenvalue weighted by molar-refractivity contribution is 6.04. The summed E-state index contributed by atoms with van der Waals surface area (Å²) in [5, 5.41) is 1.18. The zero-order chi connectivity index (χ0) is 16.6. The van der Waals surface area contributed by atoms with Gasteiger partial charge in [0.15, 0.2) is 0 Å². The lowest BCUT2D eigenvalue weighted by Crippen LogP contribution is -2.22. The number of fused-ring (bicyclic) bond motifs is 1. The Hall–Kier alpha value is -2.62. The van der Waals surface area contributed by atoms with Crippen LogP contribution >= 0.6 is 0 Å². The number of hydrogen-bond donors (Lipinski definition) is 0. The lowest BCUT2D eigenvalue weighted by atomic mass is 10.0. The van der Waals surface area contributed by atoms with E-state index in [0.29, 0.717) is 16.3 Å². The Bertz CT molecular complexity index is 916. The average molecular weight is 309 g/mol. The van der Waals surface area contributed by atoms with Crippen LogP contribution in [0.15, 0.2) is 41.4 Å². The summed E-state index contributed by atoms with van der Waals surface area (Å²) in [6, 6.07) is 3.73. The highest BCUT2D eigenvalue weighted by Gasteiger charge is 2.17. The van der Waals surface area contributed by atoms with Crippen molar-refractivity contribution in [3.05, 3.63) is 63.6 Å². The van der Waals surface area contributed by atoms with Gasteiger partial charge in [-0.15, -0.1) is 0 Å². The third-order valence-electron chi connectivity index (χ3n) is 4.29. The van der Waals surface area contributed by atoms with Crippen molar-refractivity contribution in [1.82, 2.24) is 4.57 Å². The quantitative estimate of drug-likeness (QED) is 0.796. The Morgan fingerprint density at radius 2 is 1.83 bits per heavy atom. The summed E-state index contributed by atoms with van der Waals surface area (Å²) in [5.41, 5.74) is 3.15. The Balaban J connectivity index is 2.39. The molecule has 1 aliphatic carbocycles. The van der Waals surface area contributed by atoms with Gasteiger partial charge in [0.1, 0.15) is 0 Å². The zero-order valence-corrected chi connectivity index (χ0v) is 13.6. The van der Waals surface area contributed by atoms with Crippen LogP contribution in [0, 0.1) is 13.8 Å². The first-order chi connectivity index (χ1) is 11.0. The van der Waals surface area contributed by atoms with Crippen molar-refractivity contribution in [1.29, 1.82) is 0 Å². The van der Waals surface area contributed by atoms with E-state index in [2.05, 4.69) is 0 Å². The number of rotatable bonds is 2. The topological polar surface area (TPSA) is 48.3 Å². The van der Waals surface area contributed by atoms with Crippen LogP contribution in [0.5, 0.6) is 0 Å². The number of ether oxygens (including phenoxy) is 1. The number of aromatic nitrogens is 1. The molecule has 0 saturated carbocycles. The fourth-order valence-electron chi connectivity index (χ4n) is 2.85. The van der Waals surface area contributed by atoms with Crippen LogP contribution in [0.4, 0.5) is 0 Å². The predicted molar refractivity (Wildman–Crippen MR) is 91.7 cm³/mol. The van der Waals surface area contributed by atoms with E-state index in [0.717, 1.165) is 29.7 Å². The van der Waals surface area contributed by atoms with Crippen LogP contribution in [0.25, 0.3) is 16.5 Å². The molecule has 0 unspecified atom stereocenters. The number of carbonyl (C=O) groups excluding carboxylic acids is 1. The van der Waals surface area contributed by atoms with E-state index in [-0.39, 0.29) is 5.56 Å². The van der Waals surface area contributed by atoms with E-state index in [1.165, 1.54) is 7.11 Å². The smallest absolute Gasteiger partial charge is 0.340 e. The van der Waals surface area contributed by atoms with Gasteiger partial charge in [-0.1, -0.05) is 18.2 Å². The first kappa shape index (κ1) is 15.3. The van der Waals surface area contributed by atoms with Crippen molar-refractivity contribution < 1.29 is 9.53 Å². The molecule has 1 heterocycles. The van der Waals surface area contributed by atoms with Crippen LogP contribution in [0.2, 0.25) is 0 Å². The summed E-state index contributed by atoms with van der Waals surface area (Å²) in [6.45, 7) is 3.93. The second-order valence-electron chi connectivity index (χ2n) is 5.80. The number of aryl methyl sites for hydroxylation is 2. The van der Waals surface area contributed by atoms with E-state index in [9.17, 15) is 9.59 Å². The van der Waals surface area contributed by atoms with Crippen LogP contribution in [-0.4, -0.2) is 17.6 Å². The minimum Gasteiger partial charge on any atom is -0.465 e. The molecule has 0 aliphatic heterocycles. The summed E-state index contributed by atoms with van der Waals surface area (Å²) >= 11 is 0. The fraction of sp³-hybridized carbons (Fsp3) is 0.263. The fourth-order valence-corrected chi connectivity index (χ4v) is 2.85. The van der Waals surface area contributed by atoms with Gasteiger partial charge in [0, 0.05) is 22.7 Å². The molecule has 0 fully saturated rings. The van der Waals surface area contributed by atoms with Crippen molar-refractivity contribution >= 4 is 22.4 Å². The van der Waals surface area contributed by atoms with Gasteiger partial charge in [-0.2, -0.15) is 0 Å². The molecule has 0 spiro atoms. The Labute approximate surface area is 134 Å². The molecule has 0 amide bonds. The highest BCUT2D eigenvalue weighted by Crippen LogP contribution is 2.23. The molecule has 1 aromatic carbocycles. The summed E-state index contributed by atoms with van der Waals surface area (Å²) in [7, 11) is 1.35. The lowest BCUT2D eigenvalue weighted by molar-refractivity contribution is 0.0602. The second-order valence-corrected chi connectivity index (χ2v) is 5.80. The molecule has 23 heavy (non-hydrogen) atoms.